The first kappa shape index (κ1) is 27.5. The van der Waals surface area contributed by atoms with Crippen molar-refractivity contribution >= 4 is 46.4 Å². The molecule has 1 unspecified atom stereocenters. The summed E-state index contributed by atoms with van der Waals surface area (Å²) in [4.78, 5) is 42.1. The molecule has 10 heteroatoms. The van der Waals surface area contributed by atoms with Crippen molar-refractivity contribution in [3.63, 3.8) is 0 Å². The molecule has 0 saturated carbocycles. The van der Waals surface area contributed by atoms with E-state index in [4.69, 9.17) is 25.8 Å². The molecule has 1 fully saturated rings. The van der Waals surface area contributed by atoms with Crippen LogP contribution in [0.4, 0.5) is 11.4 Å². The van der Waals surface area contributed by atoms with Crippen LogP contribution in [-0.2, 0) is 14.3 Å². The van der Waals surface area contributed by atoms with E-state index in [0.717, 1.165) is 5.69 Å². The Morgan fingerprint density at radius 2 is 1.54 bits per heavy atom. The first-order chi connectivity index (χ1) is 18.6. The van der Waals surface area contributed by atoms with Crippen LogP contribution in [0.2, 0.25) is 5.02 Å². The summed E-state index contributed by atoms with van der Waals surface area (Å²) in [7, 11) is 7.89. The highest BCUT2D eigenvalue weighted by Gasteiger charge is 2.47. The lowest BCUT2D eigenvalue weighted by Gasteiger charge is -2.26. The molecule has 3 aromatic carbocycles. The Kier molecular flexibility index (Phi) is 7.83. The van der Waals surface area contributed by atoms with Crippen LogP contribution in [0.3, 0.4) is 0 Å². The van der Waals surface area contributed by atoms with E-state index < -0.39 is 29.5 Å². The van der Waals surface area contributed by atoms with Crippen LogP contribution >= 0.6 is 11.6 Å². The molecule has 3 aromatic rings. The van der Waals surface area contributed by atoms with Crippen molar-refractivity contribution < 1.29 is 33.7 Å². The lowest BCUT2D eigenvalue weighted by Crippen LogP contribution is -2.29. The number of ketones is 1. The number of esters is 1. The minimum atomic E-state index is -0.990. The summed E-state index contributed by atoms with van der Waals surface area (Å²) in [6.45, 7) is 0. The molecule has 0 aromatic heterocycles. The number of hydrogen-bond donors (Lipinski definition) is 1. The van der Waals surface area contributed by atoms with Crippen molar-refractivity contribution in [3.8, 4) is 11.5 Å². The molecule has 1 aliphatic rings. The Morgan fingerprint density at radius 1 is 0.923 bits per heavy atom. The maximum Gasteiger partial charge on any atom is 0.337 e. The van der Waals surface area contributed by atoms with Crippen LogP contribution in [-0.4, -0.2) is 58.2 Å². The molecule has 9 nitrogen and oxygen atoms in total. The van der Waals surface area contributed by atoms with Gasteiger partial charge in [-0.15, -0.1) is 0 Å². The number of methoxy groups -OCH3 is 3. The molecule has 1 heterocycles. The number of aliphatic hydroxyl groups excluding tert-OH is 1. The Morgan fingerprint density at radius 3 is 2.08 bits per heavy atom. The molecule has 1 N–H and O–H groups in total. The second kappa shape index (κ2) is 11.1. The van der Waals surface area contributed by atoms with Crippen LogP contribution in [0.25, 0.3) is 5.76 Å². The zero-order valence-corrected chi connectivity index (χ0v) is 22.8. The molecule has 39 heavy (non-hydrogen) atoms. The van der Waals surface area contributed by atoms with Gasteiger partial charge >= 0.3 is 5.97 Å². The van der Waals surface area contributed by atoms with E-state index in [0.29, 0.717) is 17.0 Å². The average Bonchev–Trinajstić information content (AvgIpc) is 3.22. The van der Waals surface area contributed by atoms with Crippen LogP contribution in [0.1, 0.15) is 27.5 Å². The van der Waals surface area contributed by atoms with Gasteiger partial charge in [-0.1, -0.05) is 23.7 Å². The van der Waals surface area contributed by atoms with E-state index >= 15 is 0 Å². The third-order valence-electron chi connectivity index (χ3n) is 6.47. The number of carbonyl (C=O) groups excluding carboxylic acids is 3. The van der Waals surface area contributed by atoms with Gasteiger partial charge in [-0.2, -0.15) is 0 Å². The fourth-order valence-corrected chi connectivity index (χ4v) is 4.68. The molecule has 0 bridgehead atoms. The first-order valence-electron chi connectivity index (χ1n) is 11.8. The topological polar surface area (TPSA) is 106 Å². The molecule has 4 rings (SSSR count). The highest BCUT2D eigenvalue weighted by Crippen LogP contribution is 2.45. The summed E-state index contributed by atoms with van der Waals surface area (Å²) < 4.78 is 15.4. The number of ether oxygens (including phenoxy) is 3. The summed E-state index contributed by atoms with van der Waals surface area (Å²) in [5, 5.41) is 11.7. The van der Waals surface area contributed by atoms with E-state index in [1.165, 1.54) is 50.5 Å². The quantitative estimate of drug-likeness (QED) is 0.193. The highest BCUT2D eigenvalue weighted by atomic mass is 35.5. The largest absolute Gasteiger partial charge is 0.507 e. The molecular weight excluding hydrogens is 524 g/mol. The van der Waals surface area contributed by atoms with Gasteiger partial charge in [0.1, 0.15) is 17.3 Å². The maximum atomic E-state index is 13.5. The van der Waals surface area contributed by atoms with Crippen LogP contribution in [0, 0.1) is 0 Å². The molecule has 1 saturated heterocycles. The SMILES string of the molecule is COC(=O)c1ccc(N2C(=O)C(=O)/C(=C(/O)c3cc(Cl)c(OC)cc3OC)C2c2ccc(N(C)C)cc2)cc1. The number of carbonyl (C=O) groups is 3. The summed E-state index contributed by atoms with van der Waals surface area (Å²) in [5.41, 5.74) is 2.10. The summed E-state index contributed by atoms with van der Waals surface area (Å²) in [5.74, 6) is -2.22. The van der Waals surface area contributed by atoms with E-state index in [-0.39, 0.29) is 27.5 Å². The van der Waals surface area contributed by atoms with Crippen LogP contribution < -0.4 is 19.3 Å². The van der Waals surface area contributed by atoms with Crippen LogP contribution in [0.15, 0.2) is 66.2 Å². The molecule has 0 spiro atoms. The highest BCUT2D eigenvalue weighted by molar-refractivity contribution is 6.51. The van der Waals surface area contributed by atoms with Gasteiger partial charge in [0, 0.05) is 31.5 Å². The van der Waals surface area contributed by atoms with Gasteiger partial charge in [0.05, 0.1) is 49.1 Å². The number of rotatable bonds is 7. The van der Waals surface area contributed by atoms with Crippen molar-refractivity contribution in [3.05, 3.63) is 87.9 Å². The van der Waals surface area contributed by atoms with Gasteiger partial charge in [-0.3, -0.25) is 14.5 Å². The Bertz CT molecular complexity index is 1460. The molecule has 1 atom stereocenters. The fraction of sp³-hybridized carbons (Fsp3) is 0.207. The molecule has 1 amide bonds. The summed E-state index contributed by atoms with van der Waals surface area (Å²) >= 11 is 6.33. The van der Waals surface area contributed by atoms with Gasteiger partial charge in [0.15, 0.2) is 0 Å². The van der Waals surface area contributed by atoms with E-state index in [2.05, 4.69) is 0 Å². The zero-order chi connectivity index (χ0) is 28.4. The lowest BCUT2D eigenvalue weighted by molar-refractivity contribution is -0.132. The molecule has 0 aliphatic carbocycles. The Labute approximate surface area is 230 Å². The van der Waals surface area contributed by atoms with E-state index in [9.17, 15) is 19.5 Å². The molecule has 1 aliphatic heterocycles. The first-order valence-corrected chi connectivity index (χ1v) is 12.2. The fourth-order valence-electron chi connectivity index (χ4n) is 4.44. The van der Waals surface area contributed by atoms with E-state index in [1.54, 1.807) is 24.3 Å². The van der Waals surface area contributed by atoms with Gasteiger partial charge in [-0.25, -0.2) is 4.79 Å². The summed E-state index contributed by atoms with van der Waals surface area (Å²) in [6.07, 6.45) is 0. The number of Topliss-reactive ketones (excluding diaryl/α,β-unsaturated/α-hetero) is 1. The standard InChI is InChI=1S/C29H27ClN2O7/c1-31(2)18-10-6-16(7-11-18)25-24(26(33)20-14-21(30)23(38-4)15-22(20)37-3)27(34)28(35)32(25)19-12-8-17(9-13-19)29(36)39-5/h6-15,25,33H,1-5H3/b26-24+. The molecular formula is C29H27ClN2O7. The monoisotopic (exact) mass is 550 g/mol. The van der Waals surface area contributed by atoms with Crippen molar-refractivity contribution in [2.45, 2.75) is 6.04 Å². The molecule has 0 radical (unpaired) electrons. The minimum Gasteiger partial charge on any atom is -0.507 e. The number of benzene rings is 3. The lowest BCUT2D eigenvalue weighted by atomic mass is 9.94. The second-order valence-electron chi connectivity index (χ2n) is 8.88. The number of nitrogens with zero attached hydrogens (tertiary/aromatic N) is 2. The molecule has 202 valence electrons. The summed E-state index contributed by atoms with van der Waals surface area (Å²) in [6, 6.07) is 15.3. The number of halogens is 1. The smallest absolute Gasteiger partial charge is 0.337 e. The van der Waals surface area contributed by atoms with Gasteiger partial charge in [-0.05, 0) is 48.0 Å². The van der Waals surface area contributed by atoms with Crippen molar-refractivity contribution in [1.82, 2.24) is 0 Å². The number of amides is 1. The number of hydrogen-bond acceptors (Lipinski definition) is 8. The maximum absolute atomic E-state index is 13.5. The Hall–Kier alpha value is -4.50. The van der Waals surface area contributed by atoms with Gasteiger partial charge in [0.2, 0.25) is 0 Å². The predicted octanol–water partition coefficient (Wildman–Crippen LogP) is 4.84. The normalized spacial score (nSPS) is 16.3. The minimum absolute atomic E-state index is 0.122. The van der Waals surface area contributed by atoms with Crippen molar-refractivity contribution in [2.75, 3.05) is 45.2 Å². The number of aliphatic hydroxyl groups is 1. The third kappa shape index (κ3) is 5.00. The Balaban J connectivity index is 1.94. The number of anilines is 2. The van der Waals surface area contributed by atoms with Crippen molar-refractivity contribution in [2.24, 2.45) is 0 Å². The van der Waals surface area contributed by atoms with E-state index in [1.807, 2.05) is 31.1 Å². The predicted molar refractivity (Wildman–Crippen MR) is 148 cm³/mol. The average molecular weight is 551 g/mol. The second-order valence-corrected chi connectivity index (χ2v) is 9.29. The zero-order valence-electron chi connectivity index (χ0n) is 22.0. The third-order valence-corrected chi connectivity index (χ3v) is 6.76. The van der Waals surface area contributed by atoms with Crippen molar-refractivity contribution in [1.29, 1.82) is 0 Å². The van der Waals surface area contributed by atoms with Gasteiger partial charge in [0.25, 0.3) is 11.7 Å². The van der Waals surface area contributed by atoms with Crippen LogP contribution in [0.5, 0.6) is 11.5 Å². The van der Waals surface area contributed by atoms with Gasteiger partial charge < -0.3 is 24.2 Å².